The largest absolute Gasteiger partial charge is 0.496 e. The highest BCUT2D eigenvalue weighted by atomic mass is 35.5. The van der Waals surface area contributed by atoms with Crippen LogP contribution in [0.4, 0.5) is 0 Å². The summed E-state index contributed by atoms with van der Waals surface area (Å²) >= 11 is 12.6. The molecule has 4 aromatic carbocycles. The van der Waals surface area contributed by atoms with Gasteiger partial charge in [-0.2, -0.15) is 0 Å². The van der Waals surface area contributed by atoms with E-state index in [1.165, 1.54) is 5.56 Å². The first-order chi connectivity index (χ1) is 22.0. The first kappa shape index (κ1) is 33.2. The fraction of sp³-hybridized carbons (Fsp3) is 0.389. The summed E-state index contributed by atoms with van der Waals surface area (Å²) in [5.41, 5.74) is 3.15. The molecule has 7 nitrogen and oxygen atoms in total. The number of methoxy groups -OCH3 is 3. The minimum Gasteiger partial charge on any atom is -0.496 e. The summed E-state index contributed by atoms with van der Waals surface area (Å²) in [5, 5.41) is 1.98. The molecule has 4 aromatic rings. The average Bonchev–Trinajstić information content (AvgIpc) is 3.08. The van der Waals surface area contributed by atoms with Gasteiger partial charge >= 0.3 is 0 Å². The molecule has 0 N–H and O–H groups in total. The molecule has 9 heteroatoms. The Morgan fingerprint density at radius 1 is 0.778 bits per heavy atom. The second-order valence-electron chi connectivity index (χ2n) is 11.0. The van der Waals surface area contributed by atoms with Crippen LogP contribution in [0.2, 0.25) is 0 Å². The van der Waals surface area contributed by atoms with Gasteiger partial charge in [0.2, 0.25) is 0 Å². The van der Waals surface area contributed by atoms with Gasteiger partial charge in [0, 0.05) is 47.3 Å². The van der Waals surface area contributed by atoms with E-state index < -0.39 is 4.96 Å². The number of rotatable bonds is 15. The molecule has 2 unspecified atom stereocenters. The molecule has 0 radical (unpaired) electrons. The lowest BCUT2D eigenvalue weighted by molar-refractivity contribution is -0.0231. The van der Waals surface area contributed by atoms with E-state index in [1.54, 1.807) is 21.3 Å². The minimum absolute atomic E-state index is 0.131. The van der Waals surface area contributed by atoms with Gasteiger partial charge in [0.25, 0.3) is 0 Å². The second kappa shape index (κ2) is 16.4. The molecule has 0 aromatic heterocycles. The van der Waals surface area contributed by atoms with Crippen molar-refractivity contribution in [1.29, 1.82) is 0 Å². The van der Waals surface area contributed by atoms with Crippen molar-refractivity contribution in [3.05, 3.63) is 95.6 Å². The van der Waals surface area contributed by atoms with E-state index in [1.807, 2.05) is 71.6 Å². The van der Waals surface area contributed by atoms with E-state index in [-0.39, 0.29) is 12.0 Å². The molecule has 1 heterocycles. The van der Waals surface area contributed by atoms with Crippen LogP contribution in [0.1, 0.15) is 35.4 Å². The molecular formula is C36H41Cl2NO6. The van der Waals surface area contributed by atoms with Gasteiger partial charge in [0.1, 0.15) is 23.0 Å². The van der Waals surface area contributed by atoms with Gasteiger partial charge in [-0.3, -0.25) is 4.90 Å². The van der Waals surface area contributed by atoms with Gasteiger partial charge in [0.05, 0.1) is 53.9 Å². The molecule has 0 amide bonds. The third kappa shape index (κ3) is 8.34. The standard InChI is InChI=1S/C36H41Cl2NO6/c1-40-32-12-7-4-9-26(32)23-43-19-8-20-44-28-15-13-25(14-16-28)29-17-18-39(36(37)38)22-34(29)45-24-27-21-33(41-2)30-10-5-6-11-31(30)35(27)42-3/h4-7,9-16,21,29,34,36H,8,17-20,22-24H2,1-3H3. The van der Waals surface area contributed by atoms with Gasteiger partial charge in [-0.15, -0.1) is 0 Å². The van der Waals surface area contributed by atoms with Crippen LogP contribution < -0.4 is 18.9 Å². The number of alkyl halides is 2. The van der Waals surface area contributed by atoms with E-state index in [4.69, 9.17) is 51.6 Å². The molecule has 0 bridgehead atoms. The zero-order valence-electron chi connectivity index (χ0n) is 26.0. The van der Waals surface area contributed by atoms with Gasteiger partial charge in [-0.25, -0.2) is 0 Å². The van der Waals surface area contributed by atoms with Crippen molar-refractivity contribution in [2.24, 2.45) is 0 Å². The Hall–Kier alpha value is -3.20. The maximum absolute atomic E-state index is 6.64. The first-order valence-electron chi connectivity index (χ1n) is 15.2. The average molecular weight is 655 g/mol. The molecule has 1 aliphatic heterocycles. The molecule has 2 atom stereocenters. The first-order valence-corrected chi connectivity index (χ1v) is 16.1. The lowest BCUT2D eigenvalue weighted by atomic mass is 9.87. The van der Waals surface area contributed by atoms with Gasteiger partial charge < -0.3 is 28.4 Å². The Morgan fingerprint density at radius 3 is 2.24 bits per heavy atom. The van der Waals surface area contributed by atoms with Gasteiger partial charge in [-0.1, -0.05) is 77.8 Å². The van der Waals surface area contributed by atoms with Crippen LogP contribution >= 0.6 is 23.2 Å². The second-order valence-corrected chi connectivity index (χ2v) is 12.0. The molecule has 0 saturated carbocycles. The number of para-hydroxylation sites is 1. The van der Waals surface area contributed by atoms with E-state index in [0.29, 0.717) is 33.0 Å². The lowest BCUT2D eigenvalue weighted by Crippen LogP contribution is -2.45. The van der Waals surface area contributed by atoms with E-state index in [0.717, 1.165) is 64.3 Å². The van der Waals surface area contributed by atoms with E-state index in [2.05, 4.69) is 12.1 Å². The van der Waals surface area contributed by atoms with Crippen LogP contribution in [0, 0.1) is 0 Å². The summed E-state index contributed by atoms with van der Waals surface area (Å²) in [5.74, 6) is 3.40. The van der Waals surface area contributed by atoms with Crippen LogP contribution in [-0.4, -0.2) is 63.6 Å². The smallest absolute Gasteiger partial charge is 0.160 e. The van der Waals surface area contributed by atoms with Crippen LogP contribution in [0.3, 0.4) is 0 Å². The number of hydrogen-bond donors (Lipinski definition) is 0. The summed E-state index contributed by atoms with van der Waals surface area (Å²) in [6.07, 6.45) is 1.52. The van der Waals surface area contributed by atoms with Crippen LogP contribution in [0.25, 0.3) is 10.8 Å². The number of hydrogen-bond acceptors (Lipinski definition) is 7. The third-order valence-corrected chi connectivity index (χ3v) is 8.79. The molecule has 45 heavy (non-hydrogen) atoms. The lowest BCUT2D eigenvalue weighted by Gasteiger charge is -2.39. The summed E-state index contributed by atoms with van der Waals surface area (Å²) < 4.78 is 35.4. The molecule has 0 spiro atoms. The van der Waals surface area contributed by atoms with Crippen molar-refractivity contribution in [3.63, 3.8) is 0 Å². The summed E-state index contributed by atoms with van der Waals surface area (Å²) in [7, 11) is 5.04. The molecule has 5 rings (SSSR count). The van der Waals surface area contributed by atoms with Crippen LogP contribution in [-0.2, 0) is 22.7 Å². The number of benzene rings is 4. The van der Waals surface area contributed by atoms with Crippen molar-refractivity contribution in [2.75, 3.05) is 47.6 Å². The number of likely N-dealkylation sites (tertiary alicyclic amines) is 1. The Balaban J connectivity index is 1.19. The Kier molecular flexibility index (Phi) is 12.1. The molecule has 1 saturated heterocycles. The van der Waals surface area contributed by atoms with Gasteiger partial charge in [-0.05, 0) is 36.2 Å². The quantitative estimate of drug-likeness (QED) is 0.0732. The molecular weight excluding hydrogens is 613 g/mol. The molecule has 1 fully saturated rings. The van der Waals surface area contributed by atoms with Crippen molar-refractivity contribution in [1.82, 2.24) is 4.90 Å². The zero-order chi connectivity index (χ0) is 31.6. The maximum Gasteiger partial charge on any atom is 0.160 e. The topological polar surface area (TPSA) is 58.6 Å². The highest BCUT2D eigenvalue weighted by Crippen LogP contribution is 2.39. The van der Waals surface area contributed by atoms with Crippen molar-refractivity contribution < 1.29 is 28.4 Å². The predicted molar refractivity (Wildman–Crippen MR) is 179 cm³/mol. The van der Waals surface area contributed by atoms with Gasteiger partial charge in [0.15, 0.2) is 4.96 Å². The van der Waals surface area contributed by atoms with Crippen LogP contribution in [0.15, 0.2) is 78.9 Å². The summed E-state index contributed by atoms with van der Waals surface area (Å²) in [6, 6.07) is 26.2. The Morgan fingerprint density at radius 2 is 1.51 bits per heavy atom. The minimum atomic E-state index is -0.596. The van der Waals surface area contributed by atoms with E-state index in [9.17, 15) is 0 Å². The predicted octanol–water partition coefficient (Wildman–Crippen LogP) is 7.99. The summed E-state index contributed by atoms with van der Waals surface area (Å²) in [6.45, 7) is 3.43. The third-order valence-electron chi connectivity index (χ3n) is 8.24. The number of nitrogens with zero attached hydrogens (tertiary/aromatic N) is 1. The Bertz CT molecular complexity index is 1520. The normalized spacial score (nSPS) is 17.0. The number of fused-ring (bicyclic) bond motifs is 1. The summed E-state index contributed by atoms with van der Waals surface area (Å²) in [4.78, 5) is 1.44. The van der Waals surface area contributed by atoms with E-state index >= 15 is 0 Å². The zero-order valence-corrected chi connectivity index (χ0v) is 27.6. The molecule has 240 valence electrons. The Labute approximate surface area is 275 Å². The monoisotopic (exact) mass is 653 g/mol. The van der Waals surface area contributed by atoms with Crippen molar-refractivity contribution in [2.45, 2.75) is 43.0 Å². The van der Waals surface area contributed by atoms with Crippen molar-refractivity contribution in [3.8, 4) is 23.0 Å². The highest BCUT2D eigenvalue weighted by molar-refractivity contribution is 6.43. The molecule has 0 aliphatic carbocycles. The fourth-order valence-electron chi connectivity index (χ4n) is 5.92. The number of piperidine rings is 1. The number of ether oxygens (including phenoxy) is 6. The number of halogens is 2. The SMILES string of the molecule is COc1ccccc1COCCCOc1ccc(C2CCN(C(Cl)Cl)CC2OCc2cc(OC)c3ccccc3c2OC)cc1. The van der Waals surface area contributed by atoms with Crippen LogP contribution in [0.5, 0.6) is 23.0 Å². The maximum atomic E-state index is 6.64. The van der Waals surface area contributed by atoms with Crippen molar-refractivity contribution >= 4 is 34.0 Å². The fourth-order valence-corrected chi connectivity index (χ4v) is 6.27. The highest BCUT2D eigenvalue weighted by Gasteiger charge is 2.33. The molecule has 1 aliphatic rings.